The zero-order chi connectivity index (χ0) is 17.0. The summed E-state index contributed by atoms with van der Waals surface area (Å²) in [5.41, 5.74) is 1.49. The quantitative estimate of drug-likeness (QED) is 0.806. The van der Waals surface area contributed by atoms with Gasteiger partial charge in [0, 0.05) is 0 Å². The lowest BCUT2D eigenvalue weighted by molar-refractivity contribution is 0.0566. The first-order valence-electron chi connectivity index (χ1n) is 7.04. The Balaban J connectivity index is 2.22. The summed E-state index contributed by atoms with van der Waals surface area (Å²) in [5, 5.41) is 2.48. The molecule has 2 heterocycles. The Bertz CT molecular complexity index is 599. The maximum absolute atomic E-state index is 12.3. The lowest BCUT2D eigenvalue weighted by Crippen LogP contribution is -2.42. The van der Waals surface area contributed by atoms with Crippen molar-refractivity contribution in [3.63, 3.8) is 0 Å². The molecule has 0 bridgehead atoms. The summed E-state index contributed by atoms with van der Waals surface area (Å²) in [6.45, 7) is 6.00. The number of pyridine rings is 1. The molecule has 0 atom stereocenters. The van der Waals surface area contributed by atoms with Crippen LogP contribution in [-0.4, -0.2) is 43.0 Å². The number of hydrogen-bond donors (Lipinski definition) is 2. The second-order valence-electron chi connectivity index (χ2n) is 5.76. The number of carbonyl (C=O) groups is 2. The van der Waals surface area contributed by atoms with E-state index < -0.39 is 17.7 Å². The average molecular weight is 324 g/mol. The van der Waals surface area contributed by atoms with Crippen LogP contribution in [0.5, 0.6) is 5.75 Å². The Morgan fingerprint density at radius 1 is 1.35 bits per heavy atom. The molecule has 2 rings (SSSR count). The van der Waals surface area contributed by atoms with E-state index in [9.17, 15) is 9.59 Å². The molecule has 126 valence electrons. The van der Waals surface area contributed by atoms with Gasteiger partial charge in [-0.1, -0.05) is 0 Å². The summed E-state index contributed by atoms with van der Waals surface area (Å²) in [7, 11) is 1.32. The van der Waals surface area contributed by atoms with Crippen molar-refractivity contribution in [1.29, 1.82) is 0 Å². The van der Waals surface area contributed by atoms with Crippen LogP contribution < -0.4 is 20.4 Å². The lowest BCUT2D eigenvalue weighted by Gasteiger charge is -2.30. The number of hydrogen-bond acceptors (Lipinski definition) is 6. The van der Waals surface area contributed by atoms with E-state index in [2.05, 4.69) is 20.6 Å². The standard InChI is InChI=1S/C14H20N4O5/c1-14(2,3)23-13(20)18-7-8-22-9-5-6-10(15-11(9)18)16-12(19)17-21-4/h5-6H,7-8H2,1-4H3,(H2,15,16,17,19). The molecule has 1 aliphatic heterocycles. The van der Waals surface area contributed by atoms with Crippen LogP contribution in [0.2, 0.25) is 0 Å². The molecule has 0 saturated heterocycles. The lowest BCUT2D eigenvalue weighted by atomic mass is 10.2. The van der Waals surface area contributed by atoms with Gasteiger partial charge in [0.2, 0.25) is 0 Å². The van der Waals surface area contributed by atoms with E-state index in [4.69, 9.17) is 9.47 Å². The van der Waals surface area contributed by atoms with Crippen LogP contribution in [0.4, 0.5) is 21.2 Å². The van der Waals surface area contributed by atoms with Crippen LogP contribution in [0.1, 0.15) is 20.8 Å². The van der Waals surface area contributed by atoms with Crippen molar-refractivity contribution in [1.82, 2.24) is 10.5 Å². The third-order valence-electron chi connectivity index (χ3n) is 2.72. The Morgan fingerprint density at radius 2 is 2.09 bits per heavy atom. The molecule has 0 spiro atoms. The predicted octanol–water partition coefficient (Wildman–Crippen LogP) is 1.90. The van der Waals surface area contributed by atoms with E-state index in [1.165, 1.54) is 12.0 Å². The molecule has 9 nitrogen and oxygen atoms in total. The molecule has 9 heteroatoms. The summed E-state index contributed by atoms with van der Waals surface area (Å²) in [4.78, 5) is 33.9. The van der Waals surface area contributed by atoms with Crippen molar-refractivity contribution in [2.45, 2.75) is 26.4 Å². The van der Waals surface area contributed by atoms with E-state index in [0.29, 0.717) is 24.7 Å². The smallest absolute Gasteiger partial charge is 0.416 e. The number of carbonyl (C=O) groups excluding carboxylic acids is 2. The van der Waals surface area contributed by atoms with E-state index >= 15 is 0 Å². The minimum Gasteiger partial charge on any atom is -0.488 e. The third-order valence-corrected chi connectivity index (χ3v) is 2.72. The highest BCUT2D eigenvalue weighted by atomic mass is 16.6. The number of anilines is 2. The van der Waals surface area contributed by atoms with Gasteiger partial charge in [-0.15, -0.1) is 0 Å². The first-order chi connectivity index (χ1) is 10.8. The van der Waals surface area contributed by atoms with Gasteiger partial charge in [0.05, 0.1) is 13.7 Å². The number of nitrogens with zero attached hydrogens (tertiary/aromatic N) is 2. The summed E-state index contributed by atoms with van der Waals surface area (Å²) in [6, 6.07) is 2.61. The molecule has 3 amide bonds. The molecule has 0 saturated carbocycles. The van der Waals surface area contributed by atoms with Crippen molar-refractivity contribution in [2.24, 2.45) is 0 Å². The normalized spacial score (nSPS) is 13.7. The monoisotopic (exact) mass is 324 g/mol. The SMILES string of the molecule is CONC(=O)Nc1ccc2c(n1)N(C(=O)OC(C)(C)C)CCO2. The highest BCUT2D eigenvalue weighted by Crippen LogP contribution is 2.31. The zero-order valence-electron chi connectivity index (χ0n) is 13.5. The molecule has 0 fully saturated rings. The molecule has 1 aromatic rings. The molecule has 1 aromatic heterocycles. The van der Waals surface area contributed by atoms with Gasteiger partial charge in [0.1, 0.15) is 18.0 Å². The topological polar surface area (TPSA) is 102 Å². The molecule has 2 N–H and O–H groups in total. The number of aromatic nitrogens is 1. The molecular formula is C14H20N4O5. The molecule has 0 radical (unpaired) electrons. The Kier molecular flexibility index (Phi) is 4.89. The van der Waals surface area contributed by atoms with E-state index in [1.54, 1.807) is 32.9 Å². The van der Waals surface area contributed by atoms with Gasteiger partial charge in [-0.05, 0) is 32.9 Å². The number of nitrogens with one attached hydrogen (secondary N) is 2. The Morgan fingerprint density at radius 3 is 2.74 bits per heavy atom. The summed E-state index contributed by atoms with van der Waals surface area (Å²) in [5.74, 6) is 0.984. The summed E-state index contributed by atoms with van der Waals surface area (Å²) >= 11 is 0. The molecule has 23 heavy (non-hydrogen) atoms. The van der Waals surface area contributed by atoms with Crippen molar-refractivity contribution < 1.29 is 23.9 Å². The van der Waals surface area contributed by atoms with Crippen molar-refractivity contribution in [2.75, 3.05) is 30.5 Å². The van der Waals surface area contributed by atoms with Crippen LogP contribution in [0.25, 0.3) is 0 Å². The average Bonchev–Trinajstić information content (AvgIpc) is 2.45. The number of hydroxylamine groups is 1. The number of fused-ring (bicyclic) bond motifs is 1. The molecule has 0 aromatic carbocycles. The third kappa shape index (κ3) is 4.46. The van der Waals surface area contributed by atoms with Gasteiger partial charge in [-0.2, -0.15) is 0 Å². The van der Waals surface area contributed by atoms with Gasteiger partial charge in [0.15, 0.2) is 11.6 Å². The van der Waals surface area contributed by atoms with Crippen molar-refractivity contribution in [3.05, 3.63) is 12.1 Å². The van der Waals surface area contributed by atoms with Crippen LogP contribution in [0.3, 0.4) is 0 Å². The first-order valence-corrected chi connectivity index (χ1v) is 7.04. The van der Waals surface area contributed by atoms with Gasteiger partial charge < -0.3 is 9.47 Å². The van der Waals surface area contributed by atoms with Gasteiger partial charge in [-0.25, -0.2) is 20.1 Å². The van der Waals surface area contributed by atoms with Gasteiger partial charge >= 0.3 is 12.1 Å². The minimum absolute atomic E-state index is 0.248. The number of urea groups is 1. The Hall–Kier alpha value is -2.55. The minimum atomic E-state index is -0.621. The summed E-state index contributed by atoms with van der Waals surface area (Å²) in [6.07, 6.45) is -0.520. The second-order valence-corrected chi connectivity index (χ2v) is 5.76. The molecule has 0 unspecified atom stereocenters. The fraction of sp³-hybridized carbons (Fsp3) is 0.500. The molecule has 1 aliphatic rings. The van der Waals surface area contributed by atoms with Crippen LogP contribution in [0, 0.1) is 0 Å². The Labute approximate surface area is 133 Å². The fourth-order valence-corrected chi connectivity index (χ4v) is 1.89. The first kappa shape index (κ1) is 16.8. The van der Waals surface area contributed by atoms with Crippen LogP contribution >= 0.6 is 0 Å². The molecule has 0 aliphatic carbocycles. The van der Waals surface area contributed by atoms with Gasteiger partial charge in [-0.3, -0.25) is 15.1 Å². The van der Waals surface area contributed by atoms with Gasteiger partial charge in [0.25, 0.3) is 0 Å². The highest BCUT2D eigenvalue weighted by Gasteiger charge is 2.29. The number of rotatable bonds is 2. The number of amides is 3. The van der Waals surface area contributed by atoms with E-state index in [0.717, 1.165) is 0 Å². The van der Waals surface area contributed by atoms with Crippen molar-refractivity contribution in [3.8, 4) is 5.75 Å². The maximum atomic E-state index is 12.3. The number of ether oxygens (including phenoxy) is 2. The predicted molar refractivity (Wildman–Crippen MR) is 82.5 cm³/mol. The largest absolute Gasteiger partial charge is 0.488 e. The van der Waals surface area contributed by atoms with Crippen LogP contribution in [-0.2, 0) is 9.57 Å². The maximum Gasteiger partial charge on any atom is 0.416 e. The van der Waals surface area contributed by atoms with E-state index in [1.807, 2.05) is 0 Å². The second kappa shape index (κ2) is 6.69. The highest BCUT2D eigenvalue weighted by molar-refractivity contribution is 5.91. The fourth-order valence-electron chi connectivity index (χ4n) is 1.89. The summed E-state index contributed by atoms with van der Waals surface area (Å²) < 4.78 is 10.8. The van der Waals surface area contributed by atoms with Crippen molar-refractivity contribution >= 4 is 23.8 Å². The van der Waals surface area contributed by atoms with E-state index in [-0.39, 0.29) is 5.82 Å². The molecular weight excluding hydrogens is 304 g/mol. The van der Waals surface area contributed by atoms with Crippen LogP contribution in [0.15, 0.2) is 12.1 Å². The zero-order valence-corrected chi connectivity index (χ0v) is 13.5.